The van der Waals surface area contributed by atoms with Crippen LogP contribution in [0.2, 0.25) is 0 Å². The van der Waals surface area contributed by atoms with E-state index in [-0.39, 0.29) is 0 Å². The summed E-state index contributed by atoms with van der Waals surface area (Å²) in [6.07, 6.45) is 0. The van der Waals surface area contributed by atoms with Crippen molar-refractivity contribution in [1.82, 2.24) is 14.5 Å². The summed E-state index contributed by atoms with van der Waals surface area (Å²) in [6.45, 7) is 0. The zero-order chi connectivity index (χ0) is 41.0. The number of fused-ring (bicyclic) bond motifs is 6. The monoisotopic (exact) mass is 789 g/mol. The summed E-state index contributed by atoms with van der Waals surface area (Å²) in [5.41, 5.74) is 17.4. The Morgan fingerprint density at radius 1 is 0.323 bits per heavy atom. The van der Waals surface area contributed by atoms with Crippen molar-refractivity contribution in [1.29, 1.82) is 0 Å². The van der Waals surface area contributed by atoms with Crippen LogP contribution in [0, 0.1) is 0 Å². The Labute approximate surface area is 360 Å². The van der Waals surface area contributed by atoms with Crippen molar-refractivity contribution in [2.75, 3.05) is 0 Å². The highest BCUT2D eigenvalue weighted by molar-refractivity contribution is 6.11. The Bertz CT molecular complexity index is 3330. The van der Waals surface area contributed by atoms with Gasteiger partial charge in [0.15, 0.2) is 5.82 Å². The molecule has 0 amide bonds. The molecule has 0 saturated carbocycles. The van der Waals surface area contributed by atoms with Crippen LogP contribution in [-0.2, 0) is 5.41 Å². The highest BCUT2D eigenvalue weighted by atomic mass is 15.0. The Hall–Kier alpha value is -8.14. The van der Waals surface area contributed by atoms with Crippen molar-refractivity contribution in [3.8, 4) is 61.8 Å². The van der Waals surface area contributed by atoms with Gasteiger partial charge in [0.2, 0.25) is 0 Å². The first-order valence-electron chi connectivity index (χ1n) is 21.2. The van der Waals surface area contributed by atoms with Crippen LogP contribution in [0.3, 0.4) is 0 Å². The predicted molar refractivity (Wildman–Crippen MR) is 255 cm³/mol. The highest BCUT2D eigenvalue weighted by Crippen LogP contribution is 2.58. The lowest BCUT2D eigenvalue weighted by Crippen LogP contribution is -2.28. The number of hydrogen-bond donors (Lipinski definition) is 0. The Balaban J connectivity index is 1.20. The molecule has 0 unspecified atom stereocenters. The third kappa shape index (κ3) is 5.59. The van der Waals surface area contributed by atoms with E-state index in [2.05, 4.69) is 235 Å². The average Bonchev–Trinajstić information content (AvgIpc) is 3.85. The third-order valence-corrected chi connectivity index (χ3v) is 12.7. The van der Waals surface area contributed by atoms with Gasteiger partial charge in [0.1, 0.15) is 0 Å². The van der Waals surface area contributed by atoms with Gasteiger partial charge < -0.3 is 4.57 Å². The minimum Gasteiger partial charge on any atom is -0.309 e. The van der Waals surface area contributed by atoms with Crippen LogP contribution in [-0.4, -0.2) is 14.5 Å². The molecule has 62 heavy (non-hydrogen) atoms. The summed E-state index contributed by atoms with van der Waals surface area (Å²) >= 11 is 0. The predicted octanol–water partition coefficient (Wildman–Crippen LogP) is 14.6. The van der Waals surface area contributed by atoms with Crippen LogP contribution >= 0.6 is 0 Å². The van der Waals surface area contributed by atoms with E-state index in [1.807, 2.05) is 6.07 Å². The van der Waals surface area contributed by atoms with Crippen LogP contribution in [0.25, 0.3) is 83.6 Å². The quantitative estimate of drug-likeness (QED) is 0.161. The summed E-state index contributed by atoms with van der Waals surface area (Å²) in [7, 11) is 0. The summed E-state index contributed by atoms with van der Waals surface area (Å²) < 4.78 is 2.38. The number of nitrogens with zero attached hydrogens (tertiary/aromatic N) is 3. The molecular weight excluding hydrogens is 751 g/mol. The van der Waals surface area contributed by atoms with Crippen LogP contribution in [0.5, 0.6) is 0 Å². The fourth-order valence-electron chi connectivity index (χ4n) is 9.99. The van der Waals surface area contributed by atoms with E-state index < -0.39 is 5.41 Å². The van der Waals surface area contributed by atoms with Crippen molar-refractivity contribution < 1.29 is 0 Å². The second-order valence-corrected chi connectivity index (χ2v) is 16.1. The molecule has 2 heterocycles. The van der Waals surface area contributed by atoms with Crippen molar-refractivity contribution in [2.24, 2.45) is 0 Å². The van der Waals surface area contributed by atoms with Gasteiger partial charge in [0.05, 0.1) is 27.8 Å². The molecule has 0 saturated heterocycles. The van der Waals surface area contributed by atoms with E-state index >= 15 is 0 Å². The second kappa shape index (κ2) is 14.5. The zero-order valence-corrected chi connectivity index (χ0v) is 33.9. The van der Waals surface area contributed by atoms with Gasteiger partial charge in [-0.2, -0.15) is 0 Å². The first-order chi connectivity index (χ1) is 30.8. The molecule has 0 spiro atoms. The normalized spacial score (nSPS) is 12.6. The van der Waals surface area contributed by atoms with Gasteiger partial charge in [-0.05, 0) is 93.0 Å². The van der Waals surface area contributed by atoms with E-state index in [0.717, 1.165) is 44.9 Å². The molecule has 0 aliphatic heterocycles. The van der Waals surface area contributed by atoms with Gasteiger partial charge >= 0.3 is 0 Å². The standard InChI is InChI=1S/C59H39N3/c1-6-20-40(21-7-1)54-39-55(61-58(60-54)41-22-8-2-9-23-41)50-37-49-46-30-16-18-32-52(46)59(43-24-10-3-11-25-43,44-26-12-4-13-27-44)53(49)38-48(50)42-34-35-57-51(36-42)47-31-17-19-33-56(47)62(57)45-28-14-5-15-29-45/h1-39H. The summed E-state index contributed by atoms with van der Waals surface area (Å²) in [5.74, 6) is 0.693. The SMILES string of the molecule is c1ccc(-c2cc(-c3cc4c(cc3-c3ccc5c(c3)c3ccccc3n5-c3ccccc3)C(c3ccccc3)(c3ccccc3)c3ccccc3-4)nc(-c3ccccc3)n2)cc1. The topological polar surface area (TPSA) is 30.7 Å². The van der Waals surface area contributed by atoms with Gasteiger partial charge in [0.25, 0.3) is 0 Å². The fraction of sp³-hybridized carbons (Fsp3) is 0.0169. The van der Waals surface area contributed by atoms with Gasteiger partial charge in [-0.3, -0.25) is 0 Å². The van der Waals surface area contributed by atoms with Crippen LogP contribution in [0.15, 0.2) is 237 Å². The average molecular weight is 790 g/mol. The van der Waals surface area contributed by atoms with Crippen molar-refractivity contribution in [3.05, 3.63) is 259 Å². The fourth-order valence-corrected chi connectivity index (χ4v) is 9.99. The molecule has 1 aliphatic carbocycles. The summed E-state index contributed by atoms with van der Waals surface area (Å²) in [5, 5.41) is 2.41. The largest absolute Gasteiger partial charge is 0.309 e. The number of aromatic nitrogens is 3. The molecule has 0 bridgehead atoms. The molecule has 9 aromatic carbocycles. The van der Waals surface area contributed by atoms with Crippen molar-refractivity contribution in [3.63, 3.8) is 0 Å². The maximum absolute atomic E-state index is 5.46. The number of para-hydroxylation sites is 2. The molecule has 0 N–H and O–H groups in total. The second-order valence-electron chi connectivity index (χ2n) is 16.1. The van der Waals surface area contributed by atoms with Gasteiger partial charge in [-0.25, -0.2) is 9.97 Å². The number of benzene rings is 9. The molecule has 0 radical (unpaired) electrons. The van der Waals surface area contributed by atoms with Gasteiger partial charge in [0, 0.05) is 33.2 Å². The molecular formula is C59H39N3. The first kappa shape index (κ1) is 35.8. The molecule has 1 aliphatic rings. The highest BCUT2D eigenvalue weighted by Gasteiger charge is 2.46. The maximum atomic E-state index is 5.46. The molecule has 3 nitrogen and oxygen atoms in total. The minimum atomic E-state index is -0.564. The molecule has 12 rings (SSSR count). The molecule has 11 aromatic rings. The lowest BCUT2D eigenvalue weighted by Gasteiger charge is -2.34. The van der Waals surface area contributed by atoms with Crippen LogP contribution < -0.4 is 0 Å². The van der Waals surface area contributed by atoms with Crippen LogP contribution in [0.1, 0.15) is 22.3 Å². The number of rotatable bonds is 7. The molecule has 0 fully saturated rings. The lowest BCUT2D eigenvalue weighted by atomic mass is 9.67. The first-order valence-corrected chi connectivity index (χ1v) is 21.2. The molecule has 290 valence electrons. The van der Waals surface area contributed by atoms with E-state index in [0.29, 0.717) is 5.82 Å². The van der Waals surface area contributed by atoms with Crippen LogP contribution in [0.4, 0.5) is 0 Å². The van der Waals surface area contributed by atoms with Crippen molar-refractivity contribution in [2.45, 2.75) is 5.41 Å². The van der Waals surface area contributed by atoms with Gasteiger partial charge in [-0.15, -0.1) is 0 Å². The van der Waals surface area contributed by atoms with E-state index in [1.165, 1.54) is 55.2 Å². The third-order valence-electron chi connectivity index (χ3n) is 12.7. The van der Waals surface area contributed by atoms with E-state index in [4.69, 9.17) is 9.97 Å². The Morgan fingerprint density at radius 3 is 1.60 bits per heavy atom. The maximum Gasteiger partial charge on any atom is 0.160 e. The van der Waals surface area contributed by atoms with E-state index in [9.17, 15) is 0 Å². The molecule has 3 heteroatoms. The van der Waals surface area contributed by atoms with Gasteiger partial charge in [-0.1, -0.05) is 188 Å². The zero-order valence-electron chi connectivity index (χ0n) is 33.9. The number of hydrogen-bond acceptors (Lipinski definition) is 2. The molecule has 2 aromatic heterocycles. The summed E-state index contributed by atoms with van der Waals surface area (Å²) in [6, 6.07) is 85.4. The Morgan fingerprint density at radius 2 is 0.887 bits per heavy atom. The smallest absolute Gasteiger partial charge is 0.160 e. The minimum absolute atomic E-state index is 0.564. The van der Waals surface area contributed by atoms with E-state index in [1.54, 1.807) is 0 Å². The summed E-state index contributed by atoms with van der Waals surface area (Å²) in [4.78, 5) is 10.7. The van der Waals surface area contributed by atoms with Crippen molar-refractivity contribution >= 4 is 21.8 Å². The lowest BCUT2D eigenvalue weighted by molar-refractivity contribution is 0.769. The Kier molecular flexibility index (Phi) is 8.39. The molecule has 0 atom stereocenters.